The van der Waals surface area contributed by atoms with Gasteiger partial charge >= 0.3 is 5.97 Å². The van der Waals surface area contributed by atoms with Crippen LogP contribution < -0.4 is 0 Å². The van der Waals surface area contributed by atoms with Crippen molar-refractivity contribution in [3.63, 3.8) is 0 Å². The van der Waals surface area contributed by atoms with Gasteiger partial charge < -0.3 is 14.3 Å². The number of esters is 1. The molecule has 1 rings (SSSR count). The fourth-order valence-corrected chi connectivity index (χ4v) is 0.676. The number of methoxy groups -OCH3 is 1. The van der Waals surface area contributed by atoms with E-state index in [2.05, 4.69) is 4.74 Å². The molecule has 4 heteroatoms. The van der Waals surface area contributed by atoms with Gasteiger partial charge in [0.25, 0.3) is 0 Å². The molecule has 0 aromatic carbocycles. The molecule has 0 atom stereocenters. The smallest absolute Gasteiger partial charge is 0.313 e. The highest BCUT2D eigenvalue weighted by Crippen LogP contribution is 2.13. The van der Waals surface area contributed by atoms with E-state index in [9.17, 15) is 4.79 Å². The average Bonchev–Trinajstić information content (AvgIpc) is 2.35. The summed E-state index contributed by atoms with van der Waals surface area (Å²) in [5.74, 6) is 0.0256. The molecule has 0 aliphatic carbocycles. The Balaban J connectivity index is 2.57. The first-order chi connectivity index (χ1) is 5.22. The van der Waals surface area contributed by atoms with Crippen LogP contribution in [-0.4, -0.2) is 18.2 Å². The minimum absolute atomic E-state index is 0.0175. The highest BCUT2D eigenvalue weighted by molar-refractivity contribution is 5.71. The lowest BCUT2D eigenvalue weighted by Gasteiger charge is -1.92. The Morgan fingerprint density at radius 3 is 3.00 bits per heavy atom. The average molecular weight is 156 g/mol. The Kier molecular flexibility index (Phi) is 2.15. The molecule has 0 saturated heterocycles. The fourth-order valence-electron chi connectivity index (χ4n) is 0.676. The molecule has 0 bridgehead atoms. The molecule has 0 fully saturated rings. The van der Waals surface area contributed by atoms with Crippen molar-refractivity contribution in [3.8, 4) is 5.75 Å². The van der Waals surface area contributed by atoms with Gasteiger partial charge in [0, 0.05) is 6.07 Å². The fraction of sp³-hybridized carbons (Fsp3) is 0.286. The standard InChI is InChI=1S/C7H8O4/c1-10-7(9)3-6-2-5(8)4-11-6/h2,4,8H,3H2,1H3. The molecular weight excluding hydrogens is 148 g/mol. The molecule has 1 aromatic rings. The molecule has 11 heavy (non-hydrogen) atoms. The van der Waals surface area contributed by atoms with Crippen molar-refractivity contribution in [2.75, 3.05) is 7.11 Å². The molecule has 0 unspecified atom stereocenters. The maximum Gasteiger partial charge on any atom is 0.313 e. The predicted octanol–water partition coefficient (Wildman–Crippen LogP) is 0.701. The Morgan fingerprint density at radius 1 is 1.82 bits per heavy atom. The maximum atomic E-state index is 10.6. The van der Waals surface area contributed by atoms with Gasteiger partial charge in [-0.3, -0.25) is 4.79 Å². The molecule has 0 amide bonds. The monoisotopic (exact) mass is 156 g/mol. The summed E-state index contributed by atoms with van der Waals surface area (Å²) in [7, 11) is 1.30. The second kappa shape index (κ2) is 3.09. The molecule has 1 N–H and O–H groups in total. The lowest BCUT2D eigenvalue weighted by molar-refractivity contribution is -0.140. The van der Waals surface area contributed by atoms with E-state index in [0.717, 1.165) is 6.26 Å². The number of hydrogen-bond donors (Lipinski definition) is 1. The quantitative estimate of drug-likeness (QED) is 0.640. The normalized spacial score (nSPS) is 9.55. The van der Waals surface area contributed by atoms with Crippen molar-refractivity contribution in [3.05, 3.63) is 18.1 Å². The predicted molar refractivity (Wildman–Crippen MR) is 36.1 cm³/mol. The van der Waals surface area contributed by atoms with Gasteiger partial charge in [-0.2, -0.15) is 0 Å². The van der Waals surface area contributed by atoms with Crippen LogP contribution in [0.25, 0.3) is 0 Å². The van der Waals surface area contributed by atoms with Gasteiger partial charge in [-0.1, -0.05) is 0 Å². The zero-order valence-electron chi connectivity index (χ0n) is 6.03. The van der Waals surface area contributed by atoms with Crippen LogP contribution in [0.4, 0.5) is 0 Å². The lowest BCUT2D eigenvalue weighted by atomic mass is 10.3. The van der Waals surface area contributed by atoms with Gasteiger partial charge in [-0.05, 0) is 0 Å². The van der Waals surface area contributed by atoms with Crippen molar-refractivity contribution < 1.29 is 19.1 Å². The van der Waals surface area contributed by atoms with Crippen LogP contribution in [-0.2, 0) is 16.0 Å². The first kappa shape index (κ1) is 7.65. The first-order valence-electron chi connectivity index (χ1n) is 3.05. The van der Waals surface area contributed by atoms with E-state index in [1.54, 1.807) is 0 Å². The van der Waals surface area contributed by atoms with Crippen LogP contribution in [0.3, 0.4) is 0 Å². The van der Waals surface area contributed by atoms with Crippen LogP contribution in [0, 0.1) is 0 Å². The van der Waals surface area contributed by atoms with Gasteiger partial charge in [0.1, 0.15) is 18.4 Å². The molecule has 0 radical (unpaired) electrons. The third kappa shape index (κ3) is 2.00. The Morgan fingerprint density at radius 2 is 2.55 bits per heavy atom. The highest BCUT2D eigenvalue weighted by Gasteiger charge is 2.06. The van der Waals surface area contributed by atoms with E-state index in [4.69, 9.17) is 9.52 Å². The van der Waals surface area contributed by atoms with Crippen LogP contribution in [0.5, 0.6) is 5.75 Å². The molecule has 1 heterocycles. The molecule has 0 aliphatic rings. The number of carbonyl (C=O) groups excluding carboxylic acids is 1. The summed E-state index contributed by atoms with van der Waals surface area (Å²) >= 11 is 0. The Hall–Kier alpha value is -1.45. The van der Waals surface area contributed by atoms with E-state index in [1.165, 1.54) is 13.2 Å². The molecule has 1 aromatic heterocycles. The van der Waals surface area contributed by atoms with E-state index in [1.807, 2.05) is 0 Å². The van der Waals surface area contributed by atoms with E-state index in [-0.39, 0.29) is 18.1 Å². The maximum absolute atomic E-state index is 10.6. The summed E-state index contributed by atoms with van der Waals surface area (Å²) in [6, 6.07) is 1.37. The van der Waals surface area contributed by atoms with E-state index >= 15 is 0 Å². The number of hydrogen-bond acceptors (Lipinski definition) is 4. The second-order valence-corrected chi connectivity index (χ2v) is 2.02. The zero-order chi connectivity index (χ0) is 8.27. The van der Waals surface area contributed by atoms with Crippen molar-refractivity contribution in [2.24, 2.45) is 0 Å². The minimum atomic E-state index is -0.389. The topological polar surface area (TPSA) is 59.7 Å². The van der Waals surface area contributed by atoms with Crippen LogP contribution in [0.15, 0.2) is 16.7 Å². The first-order valence-corrected chi connectivity index (χ1v) is 3.05. The van der Waals surface area contributed by atoms with Crippen molar-refractivity contribution in [1.82, 2.24) is 0 Å². The number of ether oxygens (including phenoxy) is 1. The summed E-state index contributed by atoms with van der Waals surface area (Å²) in [6.45, 7) is 0. The Bertz CT molecular complexity index is 251. The minimum Gasteiger partial charge on any atom is -0.505 e. The summed E-state index contributed by atoms with van der Waals surface area (Å²) < 4.78 is 9.17. The van der Waals surface area contributed by atoms with Gasteiger partial charge in [0.2, 0.25) is 0 Å². The molecule has 0 aliphatic heterocycles. The lowest BCUT2D eigenvalue weighted by Crippen LogP contribution is -2.02. The molecular formula is C7H8O4. The third-order valence-electron chi connectivity index (χ3n) is 1.19. The van der Waals surface area contributed by atoms with Crippen LogP contribution >= 0.6 is 0 Å². The van der Waals surface area contributed by atoms with Gasteiger partial charge in [-0.15, -0.1) is 0 Å². The van der Waals surface area contributed by atoms with Gasteiger partial charge in [0.05, 0.1) is 7.11 Å². The van der Waals surface area contributed by atoms with Gasteiger partial charge in [-0.25, -0.2) is 0 Å². The van der Waals surface area contributed by atoms with Crippen LogP contribution in [0.2, 0.25) is 0 Å². The summed E-state index contributed by atoms with van der Waals surface area (Å²) in [5, 5.41) is 8.79. The highest BCUT2D eigenvalue weighted by atomic mass is 16.5. The van der Waals surface area contributed by atoms with Crippen molar-refractivity contribution in [2.45, 2.75) is 6.42 Å². The Labute approximate surface area is 63.4 Å². The zero-order valence-corrected chi connectivity index (χ0v) is 6.03. The summed E-state index contributed by atoms with van der Waals surface area (Å²) in [4.78, 5) is 10.6. The van der Waals surface area contributed by atoms with E-state index in [0.29, 0.717) is 5.76 Å². The summed E-state index contributed by atoms with van der Waals surface area (Å²) in [5.41, 5.74) is 0. The van der Waals surface area contributed by atoms with Crippen molar-refractivity contribution in [1.29, 1.82) is 0 Å². The molecule has 4 nitrogen and oxygen atoms in total. The number of carbonyl (C=O) groups is 1. The summed E-state index contributed by atoms with van der Waals surface area (Å²) in [6.07, 6.45) is 1.22. The molecule has 0 saturated carbocycles. The third-order valence-corrected chi connectivity index (χ3v) is 1.19. The number of rotatable bonds is 2. The van der Waals surface area contributed by atoms with Gasteiger partial charge in [0.15, 0.2) is 5.75 Å². The molecule has 0 spiro atoms. The van der Waals surface area contributed by atoms with Crippen LogP contribution in [0.1, 0.15) is 5.76 Å². The largest absolute Gasteiger partial charge is 0.505 e. The SMILES string of the molecule is COC(=O)Cc1cc(O)co1. The number of aromatic hydroxyl groups is 1. The second-order valence-electron chi connectivity index (χ2n) is 2.02. The number of furan rings is 1. The van der Waals surface area contributed by atoms with E-state index < -0.39 is 0 Å². The molecule has 60 valence electrons. The van der Waals surface area contributed by atoms with Crippen molar-refractivity contribution >= 4 is 5.97 Å².